The van der Waals surface area contributed by atoms with Crippen molar-refractivity contribution in [3.63, 3.8) is 0 Å². The molecule has 0 heterocycles. The molecule has 0 aliphatic carbocycles. The van der Waals surface area contributed by atoms with Crippen molar-refractivity contribution in [1.29, 1.82) is 0 Å². The van der Waals surface area contributed by atoms with E-state index in [1.807, 2.05) is 31.0 Å². The molecule has 0 aliphatic heterocycles. The van der Waals surface area contributed by atoms with Gasteiger partial charge < -0.3 is 15.3 Å². The molecule has 0 aliphatic rings. The standard InChI is InChI=1S/C20H24N2O3/c1-4-5-11-22(3)18-10-9-16(20(24)25)13-17(18)21-19(23)15-8-6-7-14(2)12-15/h6-10,12-13H,4-5,11H2,1-3H3,(H,21,23)(H,24,25). The van der Waals surface area contributed by atoms with Crippen molar-refractivity contribution in [2.24, 2.45) is 0 Å². The van der Waals surface area contributed by atoms with Crippen LogP contribution in [0.15, 0.2) is 42.5 Å². The van der Waals surface area contributed by atoms with Crippen LogP contribution in [0.4, 0.5) is 11.4 Å². The van der Waals surface area contributed by atoms with Gasteiger partial charge in [0.25, 0.3) is 5.91 Å². The Labute approximate surface area is 148 Å². The number of benzene rings is 2. The van der Waals surface area contributed by atoms with Crippen LogP contribution in [0.1, 0.15) is 46.0 Å². The largest absolute Gasteiger partial charge is 0.478 e. The average Bonchev–Trinajstić information content (AvgIpc) is 2.59. The number of aryl methyl sites for hydroxylation is 1. The lowest BCUT2D eigenvalue weighted by Crippen LogP contribution is -2.22. The maximum absolute atomic E-state index is 12.6. The van der Waals surface area contributed by atoms with E-state index in [-0.39, 0.29) is 11.5 Å². The summed E-state index contributed by atoms with van der Waals surface area (Å²) in [4.78, 5) is 25.9. The molecule has 0 saturated heterocycles. The third kappa shape index (κ3) is 4.83. The van der Waals surface area contributed by atoms with Crippen molar-refractivity contribution in [3.8, 4) is 0 Å². The van der Waals surface area contributed by atoms with Gasteiger partial charge >= 0.3 is 5.97 Å². The van der Waals surface area contributed by atoms with Crippen LogP contribution < -0.4 is 10.2 Å². The summed E-state index contributed by atoms with van der Waals surface area (Å²) in [6, 6.07) is 12.1. The fourth-order valence-corrected chi connectivity index (χ4v) is 2.60. The zero-order chi connectivity index (χ0) is 18.4. The van der Waals surface area contributed by atoms with Gasteiger partial charge in [-0.25, -0.2) is 4.79 Å². The fraction of sp³-hybridized carbons (Fsp3) is 0.300. The minimum atomic E-state index is -1.02. The van der Waals surface area contributed by atoms with E-state index < -0.39 is 5.97 Å². The first-order chi connectivity index (χ1) is 11.9. The lowest BCUT2D eigenvalue weighted by atomic mass is 10.1. The second kappa shape index (κ2) is 8.33. The molecule has 1 amide bonds. The summed E-state index contributed by atoms with van der Waals surface area (Å²) in [5.74, 6) is -1.27. The molecular weight excluding hydrogens is 316 g/mol. The lowest BCUT2D eigenvalue weighted by Gasteiger charge is -2.23. The van der Waals surface area contributed by atoms with Crippen molar-refractivity contribution in [3.05, 3.63) is 59.2 Å². The van der Waals surface area contributed by atoms with Crippen LogP contribution >= 0.6 is 0 Å². The average molecular weight is 340 g/mol. The summed E-state index contributed by atoms with van der Waals surface area (Å²) in [7, 11) is 1.94. The van der Waals surface area contributed by atoms with Crippen LogP contribution in [0.25, 0.3) is 0 Å². The van der Waals surface area contributed by atoms with Crippen molar-refractivity contribution in [1.82, 2.24) is 0 Å². The van der Waals surface area contributed by atoms with Gasteiger partial charge in [-0.15, -0.1) is 0 Å². The predicted molar refractivity (Wildman–Crippen MR) is 101 cm³/mol. The molecule has 25 heavy (non-hydrogen) atoms. The maximum atomic E-state index is 12.6. The molecule has 0 radical (unpaired) electrons. The molecule has 2 aromatic carbocycles. The number of carboxylic acid groups (broad SMARTS) is 1. The van der Waals surface area contributed by atoms with Gasteiger partial charge in [0.1, 0.15) is 0 Å². The Morgan fingerprint density at radius 3 is 2.52 bits per heavy atom. The minimum Gasteiger partial charge on any atom is -0.478 e. The SMILES string of the molecule is CCCCN(C)c1ccc(C(=O)O)cc1NC(=O)c1cccc(C)c1. The van der Waals surface area contributed by atoms with Crippen LogP contribution in [0.5, 0.6) is 0 Å². The quantitative estimate of drug-likeness (QED) is 0.793. The predicted octanol–water partition coefficient (Wildman–Crippen LogP) is 4.18. The summed E-state index contributed by atoms with van der Waals surface area (Å²) < 4.78 is 0. The summed E-state index contributed by atoms with van der Waals surface area (Å²) in [6.07, 6.45) is 2.07. The highest BCUT2D eigenvalue weighted by molar-refractivity contribution is 6.06. The number of hydrogen-bond donors (Lipinski definition) is 2. The zero-order valence-electron chi connectivity index (χ0n) is 14.9. The molecule has 0 bridgehead atoms. The van der Waals surface area contributed by atoms with Crippen LogP contribution in [-0.4, -0.2) is 30.6 Å². The number of anilines is 2. The van der Waals surface area contributed by atoms with E-state index in [1.54, 1.807) is 24.3 Å². The summed E-state index contributed by atoms with van der Waals surface area (Å²) in [5, 5.41) is 12.1. The van der Waals surface area contributed by atoms with Crippen LogP contribution in [0.2, 0.25) is 0 Å². The Morgan fingerprint density at radius 2 is 1.88 bits per heavy atom. The second-order valence-electron chi connectivity index (χ2n) is 6.14. The molecular formula is C20H24N2O3. The number of nitrogens with one attached hydrogen (secondary N) is 1. The van der Waals surface area contributed by atoms with Gasteiger partial charge in [0.15, 0.2) is 0 Å². The number of hydrogen-bond acceptors (Lipinski definition) is 3. The number of carboxylic acids is 1. The van der Waals surface area contributed by atoms with Crippen LogP contribution in [0, 0.1) is 6.92 Å². The van der Waals surface area contributed by atoms with Gasteiger partial charge in [0, 0.05) is 19.2 Å². The highest BCUT2D eigenvalue weighted by atomic mass is 16.4. The molecule has 5 heteroatoms. The summed E-state index contributed by atoms with van der Waals surface area (Å²) >= 11 is 0. The van der Waals surface area contributed by atoms with Gasteiger partial charge in [-0.1, -0.05) is 31.0 Å². The Kier molecular flexibility index (Phi) is 6.17. The Hall–Kier alpha value is -2.82. The van der Waals surface area contributed by atoms with Gasteiger partial charge in [-0.2, -0.15) is 0 Å². The first-order valence-corrected chi connectivity index (χ1v) is 8.39. The highest BCUT2D eigenvalue weighted by Gasteiger charge is 2.15. The number of carbonyl (C=O) groups is 2. The molecule has 2 N–H and O–H groups in total. The van der Waals surface area contributed by atoms with Gasteiger partial charge in [0.2, 0.25) is 0 Å². The number of rotatable bonds is 7. The summed E-state index contributed by atoms with van der Waals surface area (Å²) in [6.45, 7) is 4.86. The Bertz CT molecular complexity index is 771. The van der Waals surface area contributed by atoms with E-state index in [0.717, 1.165) is 30.6 Å². The van der Waals surface area contributed by atoms with Crippen molar-refractivity contribution in [2.45, 2.75) is 26.7 Å². The van der Waals surface area contributed by atoms with E-state index in [2.05, 4.69) is 12.2 Å². The molecule has 0 aromatic heterocycles. The van der Waals surface area contributed by atoms with E-state index in [9.17, 15) is 14.7 Å². The maximum Gasteiger partial charge on any atom is 0.335 e. The molecule has 0 saturated carbocycles. The first kappa shape index (κ1) is 18.5. The third-order valence-corrected chi connectivity index (χ3v) is 4.03. The van der Waals surface area contributed by atoms with E-state index in [4.69, 9.17) is 0 Å². The second-order valence-corrected chi connectivity index (χ2v) is 6.14. The number of amides is 1. The lowest BCUT2D eigenvalue weighted by molar-refractivity contribution is 0.0696. The smallest absolute Gasteiger partial charge is 0.335 e. The molecule has 2 rings (SSSR count). The number of aromatic carboxylic acids is 1. The third-order valence-electron chi connectivity index (χ3n) is 4.03. The first-order valence-electron chi connectivity index (χ1n) is 8.39. The molecule has 5 nitrogen and oxygen atoms in total. The van der Waals surface area contributed by atoms with Gasteiger partial charge in [-0.3, -0.25) is 4.79 Å². The molecule has 0 atom stereocenters. The Balaban J connectivity index is 2.33. The Morgan fingerprint density at radius 1 is 1.12 bits per heavy atom. The molecule has 132 valence electrons. The normalized spacial score (nSPS) is 10.4. The minimum absolute atomic E-state index is 0.146. The molecule has 0 unspecified atom stereocenters. The molecule has 0 spiro atoms. The molecule has 2 aromatic rings. The van der Waals surface area contributed by atoms with Crippen molar-refractivity contribution < 1.29 is 14.7 Å². The number of nitrogens with zero attached hydrogens (tertiary/aromatic N) is 1. The molecule has 0 fully saturated rings. The van der Waals surface area contributed by atoms with Crippen molar-refractivity contribution >= 4 is 23.3 Å². The monoisotopic (exact) mass is 340 g/mol. The van der Waals surface area contributed by atoms with E-state index >= 15 is 0 Å². The zero-order valence-corrected chi connectivity index (χ0v) is 14.9. The number of carbonyl (C=O) groups excluding carboxylic acids is 1. The van der Waals surface area contributed by atoms with Crippen molar-refractivity contribution in [2.75, 3.05) is 23.8 Å². The van der Waals surface area contributed by atoms with Gasteiger partial charge in [0.05, 0.1) is 16.9 Å². The number of unbranched alkanes of at least 4 members (excludes halogenated alkanes) is 1. The van der Waals surface area contributed by atoms with Gasteiger partial charge in [-0.05, 0) is 43.7 Å². The topological polar surface area (TPSA) is 69.6 Å². The van der Waals surface area contributed by atoms with E-state index in [0.29, 0.717) is 11.3 Å². The van der Waals surface area contributed by atoms with E-state index in [1.165, 1.54) is 6.07 Å². The van der Waals surface area contributed by atoms with Crippen LogP contribution in [0.3, 0.4) is 0 Å². The van der Waals surface area contributed by atoms with Crippen LogP contribution in [-0.2, 0) is 0 Å². The highest BCUT2D eigenvalue weighted by Crippen LogP contribution is 2.27. The fourth-order valence-electron chi connectivity index (χ4n) is 2.60. The summed E-state index contributed by atoms with van der Waals surface area (Å²) in [5.41, 5.74) is 2.99.